The van der Waals surface area contributed by atoms with Gasteiger partial charge >= 0.3 is 0 Å². The van der Waals surface area contributed by atoms with Gasteiger partial charge in [-0.2, -0.15) is 0 Å². The highest BCUT2D eigenvalue weighted by Crippen LogP contribution is 2.19. The summed E-state index contributed by atoms with van der Waals surface area (Å²) in [4.78, 5) is 7.82. The highest BCUT2D eigenvalue weighted by Gasteiger charge is 2.09. The summed E-state index contributed by atoms with van der Waals surface area (Å²) < 4.78 is 5.21. The van der Waals surface area contributed by atoms with Crippen molar-refractivity contribution in [1.29, 1.82) is 0 Å². The summed E-state index contributed by atoms with van der Waals surface area (Å²) in [7, 11) is 1.62. The second kappa shape index (κ2) is 11.7. The second-order valence-electron chi connectivity index (χ2n) is 6.55. The molecule has 3 aromatic rings. The Hall–Kier alpha value is -2.26. The van der Waals surface area contributed by atoms with Crippen molar-refractivity contribution in [2.24, 2.45) is 4.99 Å². The molecule has 6 nitrogen and oxygen atoms in total. The molecule has 0 amide bonds. The number of ether oxygens (including phenoxy) is 1. The van der Waals surface area contributed by atoms with Crippen molar-refractivity contribution in [3.8, 4) is 5.75 Å². The SMILES string of the molecule is CCNC(=NCC(O)c1cccc(OC)c1)NCCc1c[nH]c2ccccc12.I. The number of fused-ring (bicyclic) bond motifs is 1. The van der Waals surface area contributed by atoms with Gasteiger partial charge in [-0.25, -0.2) is 0 Å². The number of hydrogen-bond donors (Lipinski definition) is 4. The minimum atomic E-state index is -0.681. The van der Waals surface area contributed by atoms with E-state index in [0.29, 0.717) is 5.96 Å². The Morgan fingerprint density at radius 1 is 1.17 bits per heavy atom. The number of halogens is 1. The average molecular weight is 508 g/mol. The third-order valence-electron chi connectivity index (χ3n) is 4.61. The van der Waals surface area contributed by atoms with Crippen LogP contribution in [-0.2, 0) is 6.42 Å². The van der Waals surface area contributed by atoms with Crippen LogP contribution < -0.4 is 15.4 Å². The molecule has 156 valence electrons. The number of guanidine groups is 1. The lowest BCUT2D eigenvalue weighted by Crippen LogP contribution is -2.38. The van der Waals surface area contributed by atoms with E-state index in [0.717, 1.165) is 36.3 Å². The molecular formula is C22H29IN4O2. The Labute approximate surface area is 188 Å². The number of para-hydroxylation sites is 1. The molecule has 0 bridgehead atoms. The van der Waals surface area contributed by atoms with Crippen LogP contribution in [0.15, 0.2) is 59.7 Å². The number of aliphatic hydroxyl groups excluding tert-OH is 1. The zero-order valence-electron chi connectivity index (χ0n) is 16.8. The fourth-order valence-corrected chi connectivity index (χ4v) is 3.13. The van der Waals surface area contributed by atoms with Gasteiger partial charge in [-0.3, -0.25) is 4.99 Å². The van der Waals surface area contributed by atoms with Crippen LogP contribution in [0.25, 0.3) is 10.9 Å². The summed E-state index contributed by atoms with van der Waals surface area (Å²) in [6.45, 7) is 3.81. The van der Waals surface area contributed by atoms with Crippen LogP contribution in [0.2, 0.25) is 0 Å². The lowest BCUT2D eigenvalue weighted by Gasteiger charge is -2.14. The summed E-state index contributed by atoms with van der Waals surface area (Å²) in [5, 5.41) is 18.2. The van der Waals surface area contributed by atoms with Gasteiger partial charge in [0.05, 0.1) is 19.8 Å². The Morgan fingerprint density at radius 2 is 2.00 bits per heavy atom. The monoisotopic (exact) mass is 508 g/mol. The van der Waals surface area contributed by atoms with E-state index in [2.05, 4.69) is 45.0 Å². The number of aromatic amines is 1. The molecule has 1 atom stereocenters. The molecule has 0 saturated carbocycles. The fraction of sp³-hybridized carbons (Fsp3) is 0.318. The van der Waals surface area contributed by atoms with Gasteiger partial charge in [-0.15, -0.1) is 24.0 Å². The van der Waals surface area contributed by atoms with Crippen LogP contribution >= 0.6 is 24.0 Å². The Morgan fingerprint density at radius 3 is 2.79 bits per heavy atom. The van der Waals surface area contributed by atoms with Crippen molar-refractivity contribution in [3.63, 3.8) is 0 Å². The normalized spacial score (nSPS) is 12.3. The third kappa shape index (κ3) is 6.37. The van der Waals surface area contributed by atoms with E-state index in [1.807, 2.05) is 37.3 Å². The first-order valence-electron chi connectivity index (χ1n) is 9.60. The van der Waals surface area contributed by atoms with E-state index in [1.165, 1.54) is 10.9 Å². The lowest BCUT2D eigenvalue weighted by atomic mass is 10.1. The number of rotatable bonds is 8. The molecule has 0 aliphatic rings. The van der Waals surface area contributed by atoms with Crippen molar-refractivity contribution in [1.82, 2.24) is 15.6 Å². The smallest absolute Gasteiger partial charge is 0.191 e. The summed E-state index contributed by atoms with van der Waals surface area (Å²) in [6, 6.07) is 15.7. The highest BCUT2D eigenvalue weighted by atomic mass is 127. The first-order chi connectivity index (χ1) is 13.7. The van der Waals surface area contributed by atoms with Crippen LogP contribution in [0.1, 0.15) is 24.2 Å². The molecule has 0 radical (unpaired) electrons. The zero-order chi connectivity index (χ0) is 19.8. The third-order valence-corrected chi connectivity index (χ3v) is 4.61. The van der Waals surface area contributed by atoms with Crippen molar-refractivity contribution >= 4 is 40.8 Å². The maximum atomic E-state index is 10.4. The molecule has 0 spiro atoms. The molecule has 0 aliphatic heterocycles. The van der Waals surface area contributed by atoms with E-state index < -0.39 is 6.10 Å². The van der Waals surface area contributed by atoms with Crippen LogP contribution in [-0.4, -0.2) is 42.8 Å². The number of methoxy groups -OCH3 is 1. The lowest BCUT2D eigenvalue weighted by molar-refractivity contribution is 0.186. The minimum absolute atomic E-state index is 0. The quantitative estimate of drug-likeness (QED) is 0.213. The predicted molar refractivity (Wildman–Crippen MR) is 129 cm³/mol. The minimum Gasteiger partial charge on any atom is -0.497 e. The standard InChI is InChI=1S/C22H28N4O2.HI/c1-3-23-22(26-15-21(27)16-7-6-8-18(13-16)28-2)24-12-11-17-14-25-20-10-5-4-9-19(17)20;/h4-10,13-14,21,25,27H,3,11-12,15H2,1-2H3,(H2,23,24,26);1H. The molecule has 0 saturated heterocycles. The first-order valence-corrected chi connectivity index (χ1v) is 9.60. The number of nitrogens with one attached hydrogen (secondary N) is 3. The number of benzene rings is 2. The highest BCUT2D eigenvalue weighted by molar-refractivity contribution is 14.0. The molecule has 1 heterocycles. The molecule has 7 heteroatoms. The van der Waals surface area contributed by atoms with Crippen molar-refractivity contribution in [2.45, 2.75) is 19.4 Å². The molecule has 4 N–H and O–H groups in total. The molecule has 3 rings (SSSR count). The summed E-state index contributed by atoms with van der Waals surface area (Å²) >= 11 is 0. The van der Waals surface area contributed by atoms with E-state index in [4.69, 9.17) is 4.74 Å². The topological polar surface area (TPSA) is 81.7 Å². The van der Waals surface area contributed by atoms with Crippen LogP contribution in [0.3, 0.4) is 0 Å². The Bertz CT molecular complexity index is 926. The Kier molecular flexibility index (Phi) is 9.27. The number of nitrogens with zero attached hydrogens (tertiary/aromatic N) is 1. The maximum Gasteiger partial charge on any atom is 0.191 e. The van der Waals surface area contributed by atoms with Crippen molar-refractivity contribution in [3.05, 3.63) is 65.9 Å². The van der Waals surface area contributed by atoms with Gasteiger partial charge in [0.2, 0.25) is 0 Å². The first kappa shape index (κ1) is 23.0. The van der Waals surface area contributed by atoms with Crippen LogP contribution in [0, 0.1) is 0 Å². The average Bonchev–Trinajstić information content (AvgIpc) is 3.15. The van der Waals surface area contributed by atoms with Gasteiger partial charge in [0, 0.05) is 30.2 Å². The molecule has 2 aromatic carbocycles. The molecular weight excluding hydrogens is 479 g/mol. The van der Waals surface area contributed by atoms with Gasteiger partial charge in [-0.1, -0.05) is 30.3 Å². The van der Waals surface area contributed by atoms with Crippen LogP contribution in [0.4, 0.5) is 0 Å². The molecule has 1 aromatic heterocycles. The van der Waals surface area contributed by atoms with Gasteiger partial charge in [-0.05, 0) is 42.7 Å². The zero-order valence-corrected chi connectivity index (χ0v) is 19.1. The second-order valence-corrected chi connectivity index (χ2v) is 6.55. The maximum absolute atomic E-state index is 10.4. The summed E-state index contributed by atoms with van der Waals surface area (Å²) in [5.41, 5.74) is 3.22. The molecule has 0 fully saturated rings. The largest absolute Gasteiger partial charge is 0.497 e. The molecule has 0 aliphatic carbocycles. The number of aliphatic hydroxyl groups is 1. The van der Waals surface area contributed by atoms with Gasteiger partial charge in [0.25, 0.3) is 0 Å². The molecule has 29 heavy (non-hydrogen) atoms. The fourth-order valence-electron chi connectivity index (χ4n) is 3.13. The van der Waals surface area contributed by atoms with Gasteiger partial charge in [0.1, 0.15) is 5.75 Å². The van der Waals surface area contributed by atoms with Crippen molar-refractivity contribution in [2.75, 3.05) is 26.7 Å². The number of aliphatic imine (C=N–C) groups is 1. The molecule has 1 unspecified atom stereocenters. The number of aromatic nitrogens is 1. The number of hydrogen-bond acceptors (Lipinski definition) is 3. The summed E-state index contributed by atoms with van der Waals surface area (Å²) in [5.74, 6) is 1.42. The van der Waals surface area contributed by atoms with Gasteiger partial charge in [0.15, 0.2) is 5.96 Å². The van der Waals surface area contributed by atoms with E-state index in [-0.39, 0.29) is 30.5 Å². The van der Waals surface area contributed by atoms with E-state index in [1.54, 1.807) is 7.11 Å². The Balaban J connectivity index is 0.00000300. The van der Waals surface area contributed by atoms with E-state index >= 15 is 0 Å². The van der Waals surface area contributed by atoms with E-state index in [9.17, 15) is 5.11 Å². The van der Waals surface area contributed by atoms with Gasteiger partial charge < -0.3 is 25.5 Å². The predicted octanol–water partition coefficient (Wildman–Crippen LogP) is 3.63. The van der Waals surface area contributed by atoms with Crippen molar-refractivity contribution < 1.29 is 9.84 Å². The number of H-pyrrole nitrogens is 1. The summed E-state index contributed by atoms with van der Waals surface area (Å²) in [6.07, 6.45) is 2.26. The van der Waals surface area contributed by atoms with Crippen LogP contribution in [0.5, 0.6) is 5.75 Å².